The third kappa shape index (κ3) is 3.61. The van der Waals surface area contributed by atoms with E-state index in [0.29, 0.717) is 11.6 Å². The van der Waals surface area contributed by atoms with E-state index in [1.54, 1.807) is 0 Å². The van der Waals surface area contributed by atoms with E-state index in [-0.39, 0.29) is 5.41 Å². The Kier molecular flexibility index (Phi) is 4.49. The molecule has 1 saturated heterocycles. The molecule has 0 radical (unpaired) electrons. The molecule has 0 aliphatic carbocycles. The molecule has 1 heterocycles. The molecule has 0 bridgehead atoms. The highest BCUT2D eigenvalue weighted by Gasteiger charge is 2.31. The van der Waals surface area contributed by atoms with E-state index in [1.807, 2.05) is 24.3 Å². The number of hydrogen-bond donors (Lipinski definition) is 1. The minimum Gasteiger partial charge on any atom is -0.492 e. The molecule has 0 aromatic heterocycles. The molecule has 1 fully saturated rings. The molecule has 3 nitrogen and oxygen atoms in total. The van der Waals surface area contributed by atoms with Crippen LogP contribution in [0.5, 0.6) is 5.75 Å². The van der Waals surface area contributed by atoms with Crippen LogP contribution in [0.15, 0.2) is 24.3 Å². The van der Waals surface area contributed by atoms with Crippen LogP contribution in [0.2, 0.25) is 5.02 Å². The van der Waals surface area contributed by atoms with E-state index in [1.165, 1.54) is 6.42 Å². The van der Waals surface area contributed by atoms with Crippen molar-refractivity contribution in [3.8, 4) is 5.75 Å². The Morgan fingerprint density at radius 2 is 2.33 bits per heavy atom. The molecule has 2 rings (SSSR count). The van der Waals surface area contributed by atoms with Crippen LogP contribution in [-0.2, 0) is 0 Å². The van der Waals surface area contributed by atoms with Crippen LogP contribution in [0.1, 0.15) is 13.3 Å². The summed E-state index contributed by atoms with van der Waals surface area (Å²) >= 11 is 5.90. The molecule has 0 spiro atoms. The molecule has 2 N–H and O–H groups in total. The van der Waals surface area contributed by atoms with E-state index < -0.39 is 0 Å². The summed E-state index contributed by atoms with van der Waals surface area (Å²) in [7, 11) is 0. The van der Waals surface area contributed by atoms with Crippen LogP contribution >= 0.6 is 11.6 Å². The summed E-state index contributed by atoms with van der Waals surface area (Å²) in [4.78, 5) is 2.41. The molecule has 1 aliphatic rings. The summed E-state index contributed by atoms with van der Waals surface area (Å²) in [5.74, 6) is 0.836. The first-order chi connectivity index (χ1) is 8.61. The number of nitrogens with two attached hydrogens (primary N) is 1. The van der Waals surface area contributed by atoms with Gasteiger partial charge in [0.05, 0.1) is 0 Å². The summed E-state index contributed by atoms with van der Waals surface area (Å²) in [5, 5.41) is 0.712. The second-order valence-corrected chi connectivity index (χ2v) is 5.78. The molecule has 1 aromatic rings. The highest BCUT2D eigenvalue weighted by Crippen LogP contribution is 2.28. The first-order valence-electron chi connectivity index (χ1n) is 6.42. The second-order valence-electron chi connectivity index (χ2n) is 5.35. The van der Waals surface area contributed by atoms with Gasteiger partial charge in [-0.2, -0.15) is 0 Å². The number of benzene rings is 1. The molecule has 18 heavy (non-hydrogen) atoms. The van der Waals surface area contributed by atoms with Gasteiger partial charge in [-0.15, -0.1) is 0 Å². The highest BCUT2D eigenvalue weighted by molar-refractivity contribution is 6.30. The van der Waals surface area contributed by atoms with E-state index in [2.05, 4.69) is 11.8 Å². The summed E-state index contributed by atoms with van der Waals surface area (Å²) in [6, 6.07) is 7.52. The zero-order valence-electron chi connectivity index (χ0n) is 10.9. The minimum atomic E-state index is 0.288. The standard InChI is InChI=1S/C14H21ClN2O/c1-14(10-16)5-6-17(11-14)7-8-18-13-4-2-3-12(15)9-13/h2-4,9H,5-8,10-11,16H2,1H3. The van der Waals surface area contributed by atoms with Gasteiger partial charge in [-0.25, -0.2) is 0 Å². The topological polar surface area (TPSA) is 38.5 Å². The first kappa shape index (κ1) is 13.7. The second kappa shape index (κ2) is 5.91. The van der Waals surface area contributed by atoms with Gasteiger partial charge in [0.2, 0.25) is 0 Å². The predicted molar refractivity (Wildman–Crippen MR) is 75.2 cm³/mol. The van der Waals surface area contributed by atoms with Crippen molar-refractivity contribution in [1.82, 2.24) is 4.90 Å². The zero-order valence-corrected chi connectivity index (χ0v) is 11.6. The maximum absolute atomic E-state index is 5.90. The first-order valence-corrected chi connectivity index (χ1v) is 6.80. The number of nitrogens with zero attached hydrogens (tertiary/aromatic N) is 1. The number of ether oxygens (including phenoxy) is 1. The predicted octanol–water partition coefficient (Wildman–Crippen LogP) is 2.39. The molecule has 100 valence electrons. The summed E-state index contributed by atoms with van der Waals surface area (Å²) in [5.41, 5.74) is 6.08. The largest absolute Gasteiger partial charge is 0.492 e. The zero-order chi connectivity index (χ0) is 13.0. The Hall–Kier alpha value is -0.770. The quantitative estimate of drug-likeness (QED) is 0.891. The molecule has 1 aromatic carbocycles. The lowest BCUT2D eigenvalue weighted by Crippen LogP contribution is -2.33. The lowest BCUT2D eigenvalue weighted by molar-refractivity contribution is 0.219. The van der Waals surface area contributed by atoms with Crippen LogP contribution in [0, 0.1) is 5.41 Å². The fourth-order valence-corrected chi connectivity index (χ4v) is 2.51. The lowest BCUT2D eigenvalue weighted by atomic mass is 9.90. The van der Waals surface area contributed by atoms with Gasteiger partial charge >= 0.3 is 0 Å². The molecular weight excluding hydrogens is 248 g/mol. The third-order valence-electron chi connectivity index (χ3n) is 3.60. The fourth-order valence-electron chi connectivity index (χ4n) is 2.33. The van der Waals surface area contributed by atoms with Crippen LogP contribution < -0.4 is 10.5 Å². The van der Waals surface area contributed by atoms with Gasteiger partial charge < -0.3 is 10.5 Å². The molecule has 1 aliphatic heterocycles. The van der Waals surface area contributed by atoms with Crippen molar-refractivity contribution in [1.29, 1.82) is 0 Å². The van der Waals surface area contributed by atoms with E-state index >= 15 is 0 Å². The van der Waals surface area contributed by atoms with Gasteiger partial charge in [0.25, 0.3) is 0 Å². The Labute approximate surface area is 114 Å². The third-order valence-corrected chi connectivity index (χ3v) is 3.84. The summed E-state index contributed by atoms with van der Waals surface area (Å²) < 4.78 is 5.69. The van der Waals surface area contributed by atoms with Crippen molar-refractivity contribution in [3.63, 3.8) is 0 Å². The average molecular weight is 269 g/mol. The van der Waals surface area contributed by atoms with Crippen molar-refractivity contribution >= 4 is 11.6 Å². The smallest absolute Gasteiger partial charge is 0.120 e. The molecule has 1 atom stereocenters. The van der Waals surface area contributed by atoms with Crippen LogP contribution in [0.3, 0.4) is 0 Å². The van der Waals surface area contributed by atoms with Crippen molar-refractivity contribution in [3.05, 3.63) is 29.3 Å². The molecule has 0 saturated carbocycles. The monoisotopic (exact) mass is 268 g/mol. The summed E-state index contributed by atoms with van der Waals surface area (Å²) in [6.07, 6.45) is 1.18. The van der Waals surface area contributed by atoms with E-state index in [9.17, 15) is 0 Å². The highest BCUT2D eigenvalue weighted by atomic mass is 35.5. The van der Waals surface area contributed by atoms with Gasteiger partial charge in [-0.05, 0) is 43.1 Å². The van der Waals surface area contributed by atoms with Crippen molar-refractivity contribution in [2.75, 3.05) is 32.8 Å². The van der Waals surface area contributed by atoms with Gasteiger partial charge in [0.15, 0.2) is 0 Å². The number of halogens is 1. The van der Waals surface area contributed by atoms with Gasteiger partial charge in [0.1, 0.15) is 12.4 Å². The Bertz CT molecular complexity index is 399. The van der Waals surface area contributed by atoms with Crippen molar-refractivity contribution in [2.45, 2.75) is 13.3 Å². The molecule has 0 amide bonds. The van der Waals surface area contributed by atoms with Gasteiger partial charge in [-0.1, -0.05) is 24.6 Å². The average Bonchev–Trinajstić information content (AvgIpc) is 2.72. The number of likely N-dealkylation sites (tertiary alicyclic amines) is 1. The van der Waals surface area contributed by atoms with Crippen LogP contribution in [0.4, 0.5) is 0 Å². The fraction of sp³-hybridized carbons (Fsp3) is 0.571. The van der Waals surface area contributed by atoms with E-state index in [0.717, 1.165) is 31.9 Å². The lowest BCUT2D eigenvalue weighted by Gasteiger charge is -2.22. The van der Waals surface area contributed by atoms with Crippen molar-refractivity contribution < 1.29 is 4.74 Å². The van der Waals surface area contributed by atoms with Crippen LogP contribution in [0.25, 0.3) is 0 Å². The van der Waals surface area contributed by atoms with E-state index in [4.69, 9.17) is 22.1 Å². The number of rotatable bonds is 5. The van der Waals surface area contributed by atoms with Gasteiger partial charge in [-0.3, -0.25) is 4.90 Å². The number of hydrogen-bond acceptors (Lipinski definition) is 3. The summed E-state index contributed by atoms with van der Waals surface area (Å²) in [6.45, 7) is 6.85. The minimum absolute atomic E-state index is 0.288. The molecule has 1 unspecified atom stereocenters. The normalized spacial score (nSPS) is 24.4. The van der Waals surface area contributed by atoms with Gasteiger partial charge in [0, 0.05) is 18.1 Å². The Balaban J connectivity index is 1.73. The molecular formula is C14H21ClN2O. The maximum atomic E-state index is 5.90. The Morgan fingerprint density at radius 1 is 1.50 bits per heavy atom. The van der Waals surface area contributed by atoms with Crippen LogP contribution in [-0.4, -0.2) is 37.7 Å². The molecule has 4 heteroatoms. The van der Waals surface area contributed by atoms with Crippen molar-refractivity contribution in [2.24, 2.45) is 11.1 Å². The Morgan fingerprint density at radius 3 is 3.00 bits per heavy atom. The maximum Gasteiger partial charge on any atom is 0.120 e. The SMILES string of the molecule is CC1(CN)CCN(CCOc2cccc(Cl)c2)C1.